The van der Waals surface area contributed by atoms with Crippen LogP contribution in [0.25, 0.3) is 0 Å². The Labute approximate surface area is 120 Å². The quantitative estimate of drug-likeness (QED) is 0.872. The van der Waals surface area contributed by atoms with Crippen LogP contribution in [-0.2, 0) is 0 Å². The molecule has 20 heavy (non-hydrogen) atoms. The van der Waals surface area contributed by atoms with E-state index in [-0.39, 0.29) is 11.9 Å². The first-order chi connectivity index (χ1) is 9.60. The van der Waals surface area contributed by atoms with Gasteiger partial charge >= 0.3 is 0 Å². The second kappa shape index (κ2) is 6.70. The highest BCUT2D eigenvalue weighted by molar-refractivity contribution is 5.94. The third kappa shape index (κ3) is 3.70. The second-order valence-electron chi connectivity index (χ2n) is 5.68. The Morgan fingerprint density at radius 3 is 2.75 bits per heavy atom. The number of amides is 1. The highest BCUT2D eigenvalue weighted by Gasteiger charge is 2.17. The molecule has 5 heteroatoms. The molecule has 1 saturated heterocycles. The molecule has 1 fully saturated rings. The van der Waals surface area contributed by atoms with Crippen molar-refractivity contribution in [2.45, 2.75) is 32.7 Å². The van der Waals surface area contributed by atoms with Gasteiger partial charge in [0.05, 0.1) is 5.56 Å². The first kappa shape index (κ1) is 14.8. The molecule has 110 valence electrons. The molecule has 3 N–H and O–H groups in total. The fraction of sp³-hybridized carbons (Fsp3) is 0.600. The van der Waals surface area contributed by atoms with Crippen LogP contribution in [0.1, 0.15) is 37.0 Å². The number of anilines is 1. The Bertz CT molecular complexity index is 438. The van der Waals surface area contributed by atoms with Crippen LogP contribution in [0.5, 0.6) is 0 Å². The van der Waals surface area contributed by atoms with Gasteiger partial charge in [-0.15, -0.1) is 0 Å². The van der Waals surface area contributed by atoms with Gasteiger partial charge in [0.2, 0.25) is 0 Å². The van der Waals surface area contributed by atoms with E-state index in [1.54, 1.807) is 6.20 Å². The number of piperidine rings is 1. The fourth-order valence-corrected chi connectivity index (χ4v) is 2.31. The van der Waals surface area contributed by atoms with E-state index in [2.05, 4.69) is 22.1 Å². The number of hydrogen-bond donors (Lipinski definition) is 2. The lowest BCUT2D eigenvalue weighted by atomic mass is 9.99. The summed E-state index contributed by atoms with van der Waals surface area (Å²) >= 11 is 0. The molecule has 1 aliphatic heterocycles. The van der Waals surface area contributed by atoms with E-state index in [1.165, 1.54) is 12.8 Å². The van der Waals surface area contributed by atoms with Gasteiger partial charge < -0.3 is 16.0 Å². The molecule has 0 spiro atoms. The molecule has 5 nitrogen and oxygen atoms in total. The number of nitrogens with one attached hydrogen (secondary N) is 1. The molecule has 1 aromatic heterocycles. The van der Waals surface area contributed by atoms with Gasteiger partial charge in [-0.3, -0.25) is 4.79 Å². The summed E-state index contributed by atoms with van der Waals surface area (Å²) in [6, 6.07) is 3.74. The molecule has 0 aromatic carbocycles. The molecule has 1 amide bonds. The van der Waals surface area contributed by atoms with Crippen LogP contribution in [0.15, 0.2) is 18.3 Å². The summed E-state index contributed by atoms with van der Waals surface area (Å²) in [5.41, 5.74) is 6.08. The van der Waals surface area contributed by atoms with Crippen molar-refractivity contribution in [2.75, 3.05) is 24.5 Å². The van der Waals surface area contributed by atoms with Gasteiger partial charge in [-0.05, 0) is 37.8 Å². The summed E-state index contributed by atoms with van der Waals surface area (Å²) in [7, 11) is 0. The van der Waals surface area contributed by atoms with E-state index < -0.39 is 0 Å². The van der Waals surface area contributed by atoms with Gasteiger partial charge in [0.15, 0.2) is 0 Å². The number of nitrogens with two attached hydrogens (primary N) is 1. The number of carbonyl (C=O) groups is 1. The van der Waals surface area contributed by atoms with Crippen molar-refractivity contribution in [3.63, 3.8) is 0 Å². The highest BCUT2D eigenvalue weighted by atomic mass is 16.1. The molecule has 1 aliphatic rings. The number of pyridine rings is 1. The molecule has 1 aromatic rings. The number of rotatable bonds is 4. The summed E-state index contributed by atoms with van der Waals surface area (Å²) < 4.78 is 0. The SMILES string of the molecule is CC1CCN(c2ccc(C(=O)N[C@@H](C)CN)cn2)CC1. The molecule has 0 bridgehead atoms. The Morgan fingerprint density at radius 2 is 2.20 bits per heavy atom. The fourth-order valence-electron chi connectivity index (χ4n) is 2.31. The molecule has 0 radical (unpaired) electrons. The lowest BCUT2D eigenvalue weighted by Crippen LogP contribution is -2.38. The minimum Gasteiger partial charge on any atom is -0.357 e. The average Bonchev–Trinajstić information content (AvgIpc) is 2.48. The largest absolute Gasteiger partial charge is 0.357 e. The van der Waals surface area contributed by atoms with E-state index in [0.717, 1.165) is 24.8 Å². The molecule has 0 aliphatic carbocycles. The molecule has 2 heterocycles. The summed E-state index contributed by atoms with van der Waals surface area (Å²) in [5, 5.41) is 2.83. The van der Waals surface area contributed by atoms with Crippen molar-refractivity contribution in [3.8, 4) is 0 Å². The van der Waals surface area contributed by atoms with Crippen molar-refractivity contribution in [1.29, 1.82) is 0 Å². The molecule has 0 saturated carbocycles. The van der Waals surface area contributed by atoms with Crippen molar-refractivity contribution in [1.82, 2.24) is 10.3 Å². The van der Waals surface area contributed by atoms with Gasteiger partial charge in [-0.2, -0.15) is 0 Å². The molecular formula is C15H24N4O. The van der Waals surface area contributed by atoms with E-state index in [1.807, 2.05) is 19.1 Å². The molecule has 0 unspecified atom stereocenters. The lowest BCUT2D eigenvalue weighted by molar-refractivity contribution is 0.0941. The first-order valence-corrected chi connectivity index (χ1v) is 7.32. The Hall–Kier alpha value is -1.62. The third-order valence-corrected chi connectivity index (χ3v) is 3.85. The summed E-state index contributed by atoms with van der Waals surface area (Å²) in [6.07, 6.45) is 4.06. The van der Waals surface area contributed by atoms with Gasteiger partial charge in [0.1, 0.15) is 5.82 Å². The third-order valence-electron chi connectivity index (χ3n) is 3.85. The number of nitrogens with zero attached hydrogens (tertiary/aromatic N) is 2. The van der Waals surface area contributed by atoms with E-state index in [9.17, 15) is 4.79 Å². The van der Waals surface area contributed by atoms with Crippen molar-refractivity contribution < 1.29 is 4.79 Å². The van der Waals surface area contributed by atoms with Gasteiger partial charge in [0.25, 0.3) is 5.91 Å². The van der Waals surface area contributed by atoms with Crippen molar-refractivity contribution in [3.05, 3.63) is 23.9 Å². The predicted molar refractivity (Wildman–Crippen MR) is 80.8 cm³/mol. The Morgan fingerprint density at radius 1 is 1.50 bits per heavy atom. The average molecular weight is 276 g/mol. The van der Waals surface area contributed by atoms with E-state index >= 15 is 0 Å². The number of hydrogen-bond acceptors (Lipinski definition) is 4. The zero-order valence-corrected chi connectivity index (χ0v) is 12.3. The van der Waals surface area contributed by atoms with Gasteiger partial charge in [-0.1, -0.05) is 6.92 Å². The van der Waals surface area contributed by atoms with Gasteiger partial charge in [-0.25, -0.2) is 4.98 Å². The van der Waals surface area contributed by atoms with Gasteiger partial charge in [0, 0.05) is 31.9 Å². The maximum Gasteiger partial charge on any atom is 0.253 e. The Balaban J connectivity index is 1.97. The lowest BCUT2D eigenvalue weighted by Gasteiger charge is -2.31. The maximum absolute atomic E-state index is 11.9. The molecule has 1 atom stereocenters. The van der Waals surface area contributed by atoms with Crippen LogP contribution < -0.4 is 16.0 Å². The topological polar surface area (TPSA) is 71.2 Å². The van der Waals surface area contributed by atoms with Crippen LogP contribution in [0.2, 0.25) is 0 Å². The Kier molecular flexibility index (Phi) is 4.95. The minimum atomic E-state index is -0.116. The number of carbonyl (C=O) groups excluding carboxylic acids is 1. The summed E-state index contributed by atoms with van der Waals surface area (Å²) in [4.78, 5) is 18.6. The van der Waals surface area contributed by atoms with E-state index in [4.69, 9.17) is 5.73 Å². The van der Waals surface area contributed by atoms with Crippen LogP contribution in [0.4, 0.5) is 5.82 Å². The standard InChI is InChI=1S/C15H24N4O/c1-11-5-7-19(8-6-11)14-4-3-13(10-17-14)15(20)18-12(2)9-16/h3-4,10-12H,5-9,16H2,1-2H3,(H,18,20)/t12-/m0/s1. The van der Waals surface area contributed by atoms with Crippen molar-refractivity contribution >= 4 is 11.7 Å². The minimum absolute atomic E-state index is 0.0224. The first-order valence-electron chi connectivity index (χ1n) is 7.32. The molecule has 2 rings (SSSR count). The smallest absolute Gasteiger partial charge is 0.253 e. The van der Waals surface area contributed by atoms with Crippen LogP contribution in [0.3, 0.4) is 0 Å². The van der Waals surface area contributed by atoms with E-state index in [0.29, 0.717) is 12.1 Å². The predicted octanol–water partition coefficient (Wildman–Crippen LogP) is 1.39. The van der Waals surface area contributed by atoms with Crippen LogP contribution >= 0.6 is 0 Å². The van der Waals surface area contributed by atoms with Crippen molar-refractivity contribution in [2.24, 2.45) is 11.7 Å². The monoisotopic (exact) mass is 276 g/mol. The molecular weight excluding hydrogens is 252 g/mol. The van der Waals surface area contributed by atoms with Crippen LogP contribution in [0, 0.1) is 5.92 Å². The summed E-state index contributed by atoms with van der Waals surface area (Å²) in [6.45, 7) is 6.70. The normalized spacial score (nSPS) is 17.9. The second-order valence-corrected chi connectivity index (χ2v) is 5.68. The highest BCUT2D eigenvalue weighted by Crippen LogP contribution is 2.21. The zero-order valence-electron chi connectivity index (χ0n) is 12.3. The zero-order chi connectivity index (χ0) is 14.5. The number of aromatic nitrogens is 1. The summed E-state index contributed by atoms with van der Waals surface area (Å²) in [5.74, 6) is 1.64. The maximum atomic E-state index is 11.9. The van der Waals surface area contributed by atoms with Crippen LogP contribution in [-0.4, -0.2) is 36.6 Å².